The Morgan fingerprint density at radius 3 is 2.91 bits per heavy atom. The highest BCUT2D eigenvalue weighted by Crippen LogP contribution is 2.34. The summed E-state index contributed by atoms with van der Waals surface area (Å²) in [5.41, 5.74) is 2.85. The molecule has 4 rings (SSSR count). The van der Waals surface area contributed by atoms with Gasteiger partial charge >= 0.3 is 0 Å². The number of aryl methyl sites for hydroxylation is 2. The number of thiazole rings is 1. The number of pyridine rings is 1. The Kier molecular flexibility index (Phi) is 3.75. The van der Waals surface area contributed by atoms with Crippen molar-refractivity contribution in [2.75, 3.05) is 5.32 Å². The SMILES string of the molecule is Cc1nc2c(s1)CCCC2Nc1nccc(-c2ccccn2)n1. The highest BCUT2D eigenvalue weighted by atomic mass is 32.1. The summed E-state index contributed by atoms with van der Waals surface area (Å²) < 4.78 is 0. The topological polar surface area (TPSA) is 63.6 Å². The van der Waals surface area contributed by atoms with Crippen molar-refractivity contribution in [3.63, 3.8) is 0 Å². The number of fused-ring (bicyclic) bond motifs is 1. The fourth-order valence-corrected chi connectivity index (χ4v) is 3.96. The van der Waals surface area contributed by atoms with E-state index in [1.807, 2.05) is 24.3 Å². The Hall–Kier alpha value is -2.34. The first-order chi connectivity index (χ1) is 11.3. The number of nitrogens with zero attached hydrogens (tertiary/aromatic N) is 4. The van der Waals surface area contributed by atoms with Crippen LogP contribution in [0.5, 0.6) is 0 Å². The van der Waals surface area contributed by atoms with Crippen molar-refractivity contribution in [3.05, 3.63) is 52.2 Å². The Morgan fingerprint density at radius 1 is 1.09 bits per heavy atom. The maximum absolute atomic E-state index is 4.70. The van der Waals surface area contributed by atoms with Crippen LogP contribution in [0.15, 0.2) is 36.7 Å². The zero-order chi connectivity index (χ0) is 15.6. The predicted octanol–water partition coefficient (Wildman–Crippen LogP) is 3.79. The molecule has 0 aliphatic heterocycles. The zero-order valence-corrected chi connectivity index (χ0v) is 13.7. The van der Waals surface area contributed by atoms with Crippen molar-refractivity contribution in [2.45, 2.75) is 32.2 Å². The van der Waals surface area contributed by atoms with E-state index in [0.29, 0.717) is 5.95 Å². The number of hydrogen-bond donors (Lipinski definition) is 1. The van der Waals surface area contributed by atoms with Gasteiger partial charge in [0.2, 0.25) is 5.95 Å². The van der Waals surface area contributed by atoms with Crippen LogP contribution in [0.1, 0.15) is 34.5 Å². The van der Waals surface area contributed by atoms with Gasteiger partial charge in [0, 0.05) is 17.3 Å². The molecule has 1 unspecified atom stereocenters. The van der Waals surface area contributed by atoms with Crippen molar-refractivity contribution in [2.24, 2.45) is 0 Å². The summed E-state index contributed by atoms with van der Waals surface area (Å²) in [6, 6.07) is 7.89. The molecular formula is C17H17N5S. The van der Waals surface area contributed by atoms with Crippen molar-refractivity contribution in [1.82, 2.24) is 19.9 Å². The van der Waals surface area contributed by atoms with Crippen LogP contribution in [0.4, 0.5) is 5.95 Å². The van der Waals surface area contributed by atoms with E-state index in [-0.39, 0.29) is 6.04 Å². The average molecular weight is 323 g/mol. The van der Waals surface area contributed by atoms with Crippen molar-refractivity contribution in [1.29, 1.82) is 0 Å². The van der Waals surface area contributed by atoms with Crippen molar-refractivity contribution in [3.8, 4) is 11.4 Å². The molecule has 3 aromatic heterocycles. The number of aromatic nitrogens is 4. The lowest BCUT2D eigenvalue weighted by Gasteiger charge is -2.22. The van der Waals surface area contributed by atoms with Gasteiger partial charge in [-0.3, -0.25) is 4.98 Å². The minimum atomic E-state index is 0.197. The molecule has 6 heteroatoms. The summed E-state index contributed by atoms with van der Waals surface area (Å²) in [5, 5.41) is 4.59. The maximum atomic E-state index is 4.70. The summed E-state index contributed by atoms with van der Waals surface area (Å²) in [7, 11) is 0. The van der Waals surface area contributed by atoms with Gasteiger partial charge in [-0.25, -0.2) is 15.0 Å². The normalized spacial score (nSPS) is 16.8. The standard InChI is InChI=1S/C17H17N5S/c1-11-20-16-14(6-4-7-15(16)23-11)22-17-19-10-8-13(21-17)12-5-2-3-9-18-12/h2-3,5,8-10,14H,4,6-7H2,1H3,(H,19,21,22). The molecule has 0 bridgehead atoms. The Labute approximate surface area is 138 Å². The molecule has 1 atom stereocenters. The van der Waals surface area contributed by atoms with E-state index >= 15 is 0 Å². The quantitative estimate of drug-likeness (QED) is 0.794. The van der Waals surface area contributed by atoms with Crippen LogP contribution in [0.25, 0.3) is 11.4 Å². The van der Waals surface area contributed by atoms with Gasteiger partial charge in [-0.15, -0.1) is 11.3 Å². The van der Waals surface area contributed by atoms with Gasteiger partial charge in [0.15, 0.2) is 0 Å². The van der Waals surface area contributed by atoms with Crippen molar-refractivity contribution >= 4 is 17.3 Å². The van der Waals surface area contributed by atoms with Crippen LogP contribution >= 0.6 is 11.3 Å². The van der Waals surface area contributed by atoms with Crippen molar-refractivity contribution < 1.29 is 0 Å². The summed E-state index contributed by atoms with van der Waals surface area (Å²) in [5.74, 6) is 0.636. The van der Waals surface area contributed by atoms with Gasteiger partial charge in [0.1, 0.15) is 0 Å². The molecule has 0 saturated carbocycles. The first-order valence-electron chi connectivity index (χ1n) is 7.77. The second-order valence-corrected chi connectivity index (χ2v) is 6.90. The van der Waals surface area contributed by atoms with Crippen LogP contribution in [0.3, 0.4) is 0 Å². The molecule has 0 radical (unpaired) electrons. The third kappa shape index (κ3) is 2.94. The average Bonchev–Trinajstić information content (AvgIpc) is 2.97. The van der Waals surface area contributed by atoms with Gasteiger partial charge in [-0.1, -0.05) is 6.07 Å². The summed E-state index contributed by atoms with van der Waals surface area (Å²) in [6.07, 6.45) is 6.92. The van der Waals surface area contributed by atoms with E-state index in [4.69, 9.17) is 4.98 Å². The lowest BCUT2D eigenvalue weighted by Crippen LogP contribution is -2.18. The van der Waals surface area contributed by atoms with Gasteiger partial charge in [0.25, 0.3) is 0 Å². The first kappa shape index (κ1) is 14.3. The number of nitrogens with one attached hydrogen (secondary N) is 1. The lowest BCUT2D eigenvalue weighted by atomic mass is 9.98. The van der Waals surface area contributed by atoms with E-state index < -0.39 is 0 Å². The molecule has 5 nitrogen and oxygen atoms in total. The second kappa shape index (κ2) is 6.04. The van der Waals surface area contributed by atoms with Crippen LogP contribution in [-0.2, 0) is 6.42 Å². The van der Waals surface area contributed by atoms with Crippen LogP contribution in [-0.4, -0.2) is 19.9 Å². The predicted molar refractivity (Wildman–Crippen MR) is 91.4 cm³/mol. The number of rotatable bonds is 3. The Morgan fingerprint density at radius 2 is 2.04 bits per heavy atom. The van der Waals surface area contributed by atoms with E-state index in [1.165, 1.54) is 17.0 Å². The lowest BCUT2D eigenvalue weighted by molar-refractivity contribution is 0.589. The molecule has 1 N–H and O–H groups in total. The molecule has 23 heavy (non-hydrogen) atoms. The van der Waals surface area contributed by atoms with Gasteiger partial charge in [-0.2, -0.15) is 0 Å². The van der Waals surface area contributed by atoms with E-state index in [1.54, 1.807) is 23.7 Å². The minimum Gasteiger partial charge on any atom is -0.346 e. The van der Waals surface area contributed by atoms with Gasteiger partial charge < -0.3 is 5.32 Å². The van der Waals surface area contributed by atoms with E-state index in [2.05, 4.69) is 27.2 Å². The number of hydrogen-bond acceptors (Lipinski definition) is 6. The first-order valence-corrected chi connectivity index (χ1v) is 8.58. The Balaban J connectivity index is 1.61. The third-order valence-corrected chi connectivity index (χ3v) is 4.99. The van der Waals surface area contributed by atoms with E-state index in [9.17, 15) is 0 Å². The van der Waals surface area contributed by atoms with Gasteiger partial charge in [-0.05, 0) is 44.4 Å². The van der Waals surface area contributed by atoms with E-state index in [0.717, 1.165) is 29.2 Å². The molecule has 0 amide bonds. The minimum absolute atomic E-state index is 0.197. The molecule has 0 fully saturated rings. The summed E-state index contributed by atoms with van der Waals surface area (Å²) in [6.45, 7) is 2.07. The summed E-state index contributed by atoms with van der Waals surface area (Å²) in [4.78, 5) is 19.4. The highest BCUT2D eigenvalue weighted by molar-refractivity contribution is 7.11. The zero-order valence-electron chi connectivity index (χ0n) is 12.9. The molecule has 116 valence electrons. The Bertz CT molecular complexity index is 815. The molecule has 3 aromatic rings. The largest absolute Gasteiger partial charge is 0.346 e. The molecule has 0 spiro atoms. The van der Waals surface area contributed by atoms with Crippen LogP contribution in [0, 0.1) is 6.92 Å². The van der Waals surface area contributed by atoms with Crippen LogP contribution < -0.4 is 5.32 Å². The molecule has 1 aliphatic carbocycles. The second-order valence-electron chi connectivity index (χ2n) is 5.61. The smallest absolute Gasteiger partial charge is 0.223 e. The highest BCUT2D eigenvalue weighted by Gasteiger charge is 2.24. The summed E-state index contributed by atoms with van der Waals surface area (Å²) >= 11 is 1.80. The monoisotopic (exact) mass is 323 g/mol. The molecule has 0 saturated heterocycles. The molecule has 0 aromatic carbocycles. The molecule has 1 aliphatic rings. The third-order valence-electron chi connectivity index (χ3n) is 3.95. The molecule has 3 heterocycles. The fourth-order valence-electron chi connectivity index (χ4n) is 2.92. The molecular weight excluding hydrogens is 306 g/mol. The fraction of sp³-hybridized carbons (Fsp3) is 0.294. The number of anilines is 1. The maximum Gasteiger partial charge on any atom is 0.223 e. The van der Waals surface area contributed by atoms with Crippen LogP contribution in [0.2, 0.25) is 0 Å². The van der Waals surface area contributed by atoms with Gasteiger partial charge in [0.05, 0.1) is 28.1 Å².